The Balaban J connectivity index is 1.34. The Kier molecular flexibility index (Phi) is 8.90. The minimum atomic E-state index is -1.03. The lowest BCUT2D eigenvalue weighted by molar-refractivity contribution is 0.0698. The second-order valence-corrected chi connectivity index (χ2v) is 14.3. The molecular weight excluding hydrogens is 661 g/mol. The van der Waals surface area contributed by atoms with E-state index in [4.69, 9.17) is 27.9 Å². The molecular formula is C38H41Cl2N5O4. The van der Waals surface area contributed by atoms with Crippen LogP contribution in [0.2, 0.25) is 10.0 Å². The number of carbonyl (C=O) groups is 2. The zero-order valence-electron chi connectivity index (χ0n) is 28.4. The van der Waals surface area contributed by atoms with Crippen LogP contribution in [-0.4, -0.2) is 51.4 Å². The first-order valence-electron chi connectivity index (χ1n) is 16.8. The molecule has 4 heterocycles. The van der Waals surface area contributed by atoms with Gasteiger partial charge in [-0.05, 0) is 100 Å². The molecule has 7 rings (SSSR count). The van der Waals surface area contributed by atoms with Gasteiger partial charge in [0.15, 0.2) is 0 Å². The molecule has 11 heteroatoms. The predicted octanol–water partition coefficient (Wildman–Crippen LogP) is 7.79. The summed E-state index contributed by atoms with van der Waals surface area (Å²) in [5.41, 5.74) is 13.8. The molecule has 0 saturated carbocycles. The topological polar surface area (TPSA) is 101 Å². The molecule has 1 fully saturated rings. The Bertz CT molecular complexity index is 2100. The van der Waals surface area contributed by atoms with E-state index in [9.17, 15) is 14.7 Å². The largest absolute Gasteiger partial charge is 0.494 e. The summed E-state index contributed by atoms with van der Waals surface area (Å²) in [6.45, 7) is 9.76. The Labute approximate surface area is 295 Å². The number of carboxylic acids is 1. The van der Waals surface area contributed by atoms with E-state index in [0.29, 0.717) is 60.7 Å². The molecule has 256 valence electrons. The standard InChI is InChI=1S/C38H41Cl2N5O4/c1-20-16-25(17-21(2)34(20)40)49-15-6-8-27-28-9-10-30(39)33(32-22(3)41-42-23(32)4)35(28)45-13-7-12-44(37(46)36(27)45)24-18-29(38(47)48)26-11-14-43(5)31(26)19-24/h9-11,14,16-19,22-23,32,41-42H,6-8,12-13,15H2,1-5H3,(H,47,48). The second kappa shape index (κ2) is 13.0. The molecule has 2 aliphatic rings. The number of fused-ring (bicyclic) bond motifs is 4. The maximum Gasteiger partial charge on any atom is 0.336 e. The zero-order valence-corrected chi connectivity index (χ0v) is 29.9. The molecule has 2 atom stereocenters. The van der Waals surface area contributed by atoms with E-state index in [1.807, 2.05) is 62.0 Å². The molecule has 0 radical (unpaired) electrons. The van der Waals surface area contributed by atoms with Gasteiger partial charge in [-0.15, -0.1) is 0 Å². The molecule has 0 aliphatic carbocycles. The highest BCUT2D eigenvalue weighted by molar-refractivity contribution is 6.33. The average Bonchev–Trinajstić information content (AvgIpc) is 3.67. The van der Waals surface area contributed by atoms with Gasteiger partial charge >= 0.3 is 5.97 Å². The number of amides is 1. The van der Waals surface area contributed by atoms with Crippen molar-refractivity contribution >= 4 is 62.6 Å². The maximum atomic E-state index is 14.9. The quantitative estimate of drug-likeness (QED) is 0.143. The highest BCUT2D eigenvalue weighted by Crippen LogP contribution is 2.42. The third-order valence-electron chi connectivity index (χ3n) is 10.3. The van der Waals surface area contributed by atoms with Gasteiger partial charge in [0.2, 0.25) is 0 Å². The average molecular weight is 703 g/mol. The number of hydrazine groups is 1. The van der Waals surface area contributed by atoms with Crippen LogP contribution in [0.1, 0.15) is 75.7 Å². The summed E-state index contributed by atoms with van der Waals surface area (Å²) in [6, 6.07) is 13.5. The van der Waals surface area contributed by atoms with Crippen LogP contribution in [0.4, 0.5) is 5.69 Å². The van der Waals surface area contributed by atoms with Crippen molar-refractivity contribution in [3.63, 3.8) is 0 Å². The number of aromatic nitrogens is 2. The number of hydrogen-bond acceptors (Lipinski definition) is 5. The molecule has 49 heavy (non-hydrogen) atoms. The van der Waals surface area contributed by atoms with E-state index in [1.54, 1.807) is 17.0 Å². The van der Waals surface area contributed by atoms with E-state index in [-0.39, 0.29) is 29.5 Å². The van der Waals surface area contributed by atoms with E-state index < -0.39 is 5.97 Å². The molecule has 0 bridgehead atoms. The van der Waals surface area contributed by atoms with Gasteiger partial charge in [-0.2, -0.15) is 0 Å². The van der Waals surface area contributed by atoms with Crippen LogP contribution < -0.4 is 20.5 Å². The molecule has 0 spiro atoms. The Hall–Kier alpha value is -4.02. The van der Waals surface area contributed by atoms with Crippen molar-refractivity contribution in [1.82, 2.24) is 20.0 Å². The molecule has 9 nitrogen and oxygen atoms in total. The van der Waals surface area contributed by atoms with Gasteiger partial charge in [-0.3, -0.25) is 15.6 Å². The van der Waals surface area contributed by atoms with Gasteiger partial charge < -0.3 is 23.9 Å². The van der Waals surface area contributed by atoms with Crippen LogP contribution >= 0.6 is 23.2 Å². The fourth-order valence-electron chi connectivity index (χ4n) is 7.91. The molecule has 1 amide bonds. The first kappa shape index (κ1) is 33.5. The number of carbonyl (C=O) groups excluding carboxylic acids is 1. The van der Waals surface area contributed by atoms with Crippen molar-refractivity contribution < 1.29 is 19.4 Å². The van der Waals surface area contributed by atoms with E-state index >= 15 is 0 Å². The number of benzene rings is 3. The molecule has 1 saturated heterocycles. The van der Waals surface area contributed by atoms with Crippen molar-refractivity contribution in [2.24, 2.45) is 7.05 Å². The number of nitrogens with zero attached hydrogens (tertiary/aromatic N) is 3. The number of rotatable bonds is 8. The first-order valence-corrected chi connectivity index (χ1v) is 17.6. The smallest absolute Gasteiger partial charge is 0.336 e. The molecule has 2 aliphatic heterocycles. The van der Waals surface area contributed by atoms with Gasteiger partial charge in [0.1, 0.15) is 11.4 Å². The fourth-order valence-corrected chi connectivity index (χ4v) is 8.30. The zero-order chi connectivity index (χ0) is 34.7. The van der Waals surface area contributed by atoms with Crippen LogP contribution in [0.15, 0.2) is 48.7 Å². The van der Waals surface area contributed by atoms with Gasteiger partial charge in [-0.1, -0.05) is 29.3 Å². The van der Waals surface area contributed by atoms with Crippen molar-refractivity contribution in [3.05, 3.63) is 92.2 Å². The molecule has 2 aromatic heterocycles. The SMILES string of the molecule is Cc1cc(OCCCc2c3n(c4c(C5C(C)NNC5C)c(Cl)ccc24)CCCN(c2cc(C(=O)O)c4ccn(C)c4c2)C3=O)cc(C)c1Cl. The third kappa shape index (κ3) is 5.76. The van der Waals surface area contributed by atoms with Crippen LogP contribution in [-0.2, 0) is 20.0 Å². The van der Waals surface area contributed by atoms with Crippen LogP contribution in [0, 0.1) is 13.8 Å². The number of hydrogen-bond donors (Lipinski definition) is 3. The van der Waals surface area contributed by atoms with Crippen molar-refractivity contribution in [2.45, 2.75) is 71.5 Å². The highest BCUT2D eigenvalue weighted by Gasteiger charge is 2.38. The Morgan fingerprint density at radius 2 is 1.71 bits per heavy atom. The van der Waals surface area contributed by atoms with Gasteiger partial charge in [-0.25, -0.2) is 4.79 Å². The molecule has 3 aromatic carbocycles. The second-order valence-electron chi connectivity index (χ2n) is 13.5. The summed E-state index contributed by atoms with van der Waals surface area (Å²) in [4.78, 5) is 29.0. The van der Waals surface area contributed by atoms with Crippen LogP contribution in [0.5, 0.6) is 5.75 Å². The highest BCUT2D eigenvalue weighted by atomic mass is 35.5. The number of ether oxygens (including phenoxy) is 1. The lowest BCUT2D eigenvalue weighted by Crippen LogP contribution is -2.32. The number of nitrogens with one attached hydrogen (secondary N) is 2. The Morgan fingerprint density at radius 1 is 1.00 bits per heavy atom. The number of anilines is 1. The van der Waals surface area contributed by atoms with Crippen LogP contribution in [0.3, 0.4) is 0 Å². The summed E-state index contributed by atoms with van der Waals surface area (Å²) >= 11 is 13.4. The van der Waals surface area contributed by atoms with Gasteiger partial charge in [0.05, 0.1) is 23.2 Å². The Morgan fingerprint density at radius 3 is 2.41 bits per heavy atom. The summed E-state index contributed by atoms with van der Waals surface area (Å²) < 4.78 is 10.3. The summed E-state index contributed by atoms with van der Waals surface area (Å²) in [5, 5.41) is 13.2. The monoisotopic (exact) mass is 701 g/mol. The summed E-state index contributed by atoms with van der Waals surface area (Å²) in [6.07, 6.45) is 3.81. The van der Waals surface area contributed by atoms with Crippen molar-refractivity contribution in [3.8, 4) is 5.75 Å². The fraction of sp³-hybridized carbons (Fsp3) is 0.368. The number of aromatic carboxylic acids is 1. The molecule has 5 aromatic rings. The van der Waals surface area contributed by atoms with E-state index in [0.717, 1.165) is 49.4 Å². The third-order valence-corrected chi connectivity index (χ3v) is 11.2. The lowest BCUT2D eigenvalue weighted by Gasteiger charge is -2.22. The maximum absolute atomic E-state index is 14.9. The number of carboxylic acid groups (broad SMARTS) is 1. The number of aryl methyl sites for hydroxylation is 5. The van der Waals surface area contributed by atoms with Crippen molar-refractivity contribution in [1.29, 1.82) is 0 Å². The molecule has 3 N–H and O–H groups in total. The summed E-state index contributed by atoms with van der Waals surface area (Å²) in [5.74, 6) is -0.326. The van der Waals surface area contributed by atoms with Crippen LogP contribution in [0.25, 0.3) is 21.8 Å². The van der Waals surface area contributed by atoms with Crippen molar-refractivity contribution in [2.75, 3.05) is 18.1 Å². The summed E-state index contributed by atoms with van der Waals surface area (Å²) in [7, 11) is 1.88. The van der Waals surface area contributed by atoms with Gasteiger partial charge in [0.25, 0.3) is 5.91 Å². The number of halogens is 2. The first-order chi connectivity index (χ1) is 23.5. The lowest BCUT2D eigenvalue weighted by atomic mass is 9.87. The molecule has 2 unspecified atom stereocenters. The van der Waals surface area contributed by atoms with Gasteiger partial charge in [0, 0.05) is 76.4 Å². The van der Waals surface area contributed by atoms with E-state index in [2.05, 4.69) is 29.3 Å². The van der Waals surface area contributed by atoms with E-state index in [1.165, 1.54) is 0 Å². The minimum absolute atomic E-state index is 0.0788. The predicted molar refractivity (Wildman–Crippen MR) is 196 cm³/mol. The minimum Gasteiger partial charge on any atom is -0.494 e. The normalized spacial score (nSPS) is 19.5.